The first-order valence-corrected chi connectivity index (χ1v) is 35.2. The molecule has 2 aliphatic heterocycles. The fourth-order valence-corrected chi connectivity index (χ4v) is 14.2. The number of carbonyl (C=O) groups is 2. The molecule has 0 saturated carbocycles. The summed E-state index contributed by atoms with van der Waals surface area (Å²) >= 11 is 3.76. The molecule has 2 aromatic carbocycles. The highest BCUT2D eigenvalue weighted by Gasteiger charge is 2.41. The molecule has 0 aliphatic carbocycles. The van der Waals surface area contributed by atoms with E-state index in [2.05, 4.69) is 119 Å². The van der Waals surface area contributed by atoms with Gasteiger partial charge in [0.1, 0.15) is 23.0 Å². The van der Waals surface area contributed by atoms with Gasteiger partial charge in [-0.3, -0.25) is 29.1 Å². The monoisotopic (exact) mass is 1150 g/mol. The van der Waals surface area contributed by atoms with Crippen LogP contribution in [0.15, 0.2) is 104 Å². The molecule has 0 unspecified atom stereocenters. The van der Waals surface area contributed by atoms with Gasteiger partial charge in [0.05, 0.1) is 71.2 Å². The van der Waals surface area contributed by atoms with Crippen molar-refractivity contribution in [3.05, 3.63) is 154 Å². The Labute approximate surface area is 483 Å². The Kier molecular flexibility index (Phi) is 18.4. The molecule has 7 aromatic rings. The number of rotatable bonds is 13. The van der Waals surface area contributed by atoms with E-state index >= 15 is 0 Å². The number of thioether (sulfide) groups is 2. The van der Waals surface area contributed by atoms with Crippen LogP contribution < -0.4 is 16.0 Å². The molecule has 4 atom stereocenters. The topological polar surface area (TPSA) is 172 Å². The summed E-state index contributed by atoms with van der Waals surface area (Å²) in [6, 6.07) is 27.5. The Hall–Kier alpha value is -6.10. The summed E-state index contributed by atoms with van der Waals surface area (Å²) in [5.74, 6) is 3.21. The standard InChI is InChI=1S/C33H42N6O2SSi.C28H38N4O3SSi/c1-21-18-23(32(40)37-26-13-11-17-34-22(26)2)14-15-25(21)30-28-29(27-12-9-10-16-35-27)38-39(6)31(28)36-24(20-42-30)19-41-43(7,8)33(3,4)5;1-18-15-19(27(33)34-6)12-13-21(18)25-23-24(22-11-9-10-14-29-22)31-32(5)26(23)30-20(17-36-25)16-35-37(7,8)28(2,3)4/h9-18,24,30,36H,19-20H2,1-8H3,(H,37,40);9-15,20,25,30H,16-17H2,1-8H3/t24-,30+;20-,25+/m11/s1. The first kappa shape index (κ1) is 60.0. The van der Waals surface area contributed by atoms with Gasteiger partial charge in [-0.25, -0.2) is 4.79 Å². The number of amides is 1. The van der Waals surface area contributed by atoms with Crippen molar-refractivity contribution in [3.8, 4) is 22.8 Å². The molecule has 0 bridgehead atoms. The number of hydrogen-bond donors (Lipinski definition) is 3. The van der Waals surface area contributed by atoms with E-state index in [0.29, 0.717) is 30.0 Å². The number of benzene rings is 2. The molecule has 5 aromatic heterocycles. The maximum atomic E-state index is 13.2. The van der Waals surface area contributed by atoms with Crippen molar-refractivity contribution in [2.45, 2.75) is 121 Å². The van der Waals surface area contributed by atoms with Crippen molar-refractivity contribution in [2.75, 3.05) is 47.8 Å². The largest absolute Gasteiger partial charge is 0.465 e. The highest BCUT2D eigenvalue weighted by Crippen LogP contribution is 2.50. The number of anilines is 3. The van der Waals surface area contributed by atoms with E-state index in [1.165, 1.54) is 7.11 Å². The Balaban J connectivity index is 0.000000213. The van der Waals surface area contributed by atoms with E-state index in [1.807, 2.05) is 133 Å². The molecule has 0 saturated heterocycles. The molecule has 3 N–H and O–H groups in total. The SMILES string of the molecule is COC(=O)c1ccc([C@@H]2SC[C@@H](CO[Si](C)(C)C(C)(C)C)Nc3c2c(-c2ccccn2)nn3C)c(C)c1.Cc1cc(C(=O)Nc2cccnc2C)ccc1[C@@H]1SC[C@@H](CO[Si](C)(C)C(C)(C)C)Nc2c1c(-c1ccccn1)nn2C. The molecule has 7 heterocycles. The molecule has 0 spiro atoms. The summed E-state index contributed by atoms with van der Waals surface area (Å²) < 4.78 is 22.1. The van der Waals surface area contributed by atoms with Gasteiger partial charge in [0.15, 0.2) is 16.6 Å². The number of fused-ring (bicyclic) bond motifs is 2. The third kappa shape index (κ3) is 13.3. The quantitative estimate of drug-likeness (QED) is 0.0735. The van der Waals surface area contributed by atoms with Crippen LogP contribution in [0.5, 0.6) is 0 Å². The van der Waals surface area contributed by atoms with Crippen LogP contribution in [0, 0.1) is 20.8 Å². The number of methoxy groups -OCH3 is 1. The maximum absolute atomic E-state index is 13.2. The van der Waals surface area contributed by atoms with Crippen LogP contribution in [0.3, 0.4) is 0 Å². The lowest BCUT2D eigenvalue weighted by molar-refractivity contribution is 0.0600. The molecule has 80 heavy (non-hydrogen) atoms. The molecule has 0 fully saturated rings. The third-order valence-electron chi connectivity index (χ3n) is 16.1. The van der Waals surface area contributed by atoms with Gasteiger partial charge < -0.3 is 29.5 Å². The van der Waals surface area contributed by atoms with Crippen molar-refractivity contribution in [1.29, 1.82) is 0 Å². The lowest BCUT2D eigenvalue weighted by atomic mass is 9.96. The number of nitrogens with zero attached hydrogens (tertiary/aromatic N) is 7. The summed E-state index contributed by atoms with van der Waals surface area (Å²) in [5, 5.41) is 20.8. The van der Waals surface area contributed by atoms with E-state index in [-0.39, 0.29) is 44.5 Å². The first-order valence-electron chi connectivity index (χ1n) is 27.3. The minimum Gasteiger partial charge on any atom is -0.465 e. The van der Waals surface area contributed by atoms with Crippen LogP contribution in [0.1, 0.15) is 112 Å². The summed E-state index contributed by atoms with van der Waals surface area (Å²) in [7, 11) is 1.55. The zero-order valence-corrected chi connectivity index (χ0v) is 53.1. The van der Waals surface area contributed by atoms with Gasteiger partial charge in [-0.1, -0.05) is 65.8 Å². The predicted molar refractivity (Wildman–Crippen MR) is 333 cm³/mol. The molecule has 2 aliphatic rings. The molecule has 9 rings (SSSR count). The molecule has 1 amide bonds. The molecular weight excluding hydrogens is 1070 g/mol. The van der Waals surface area contributed by atoms with Crippen molar-refractivity contribution in [1.82, 2.24) is 34.5 Å². The highest BCUT2D eigenvalue weighted by atomic mass is 32.2. The van der Waals surface area contributed by atoms with E-state index in [9.17, 15) is 9.59 Å². The van der Waals surface area contributed by atoms with Crippen LogP contribution >= 0.6 is 23.5 Å². The minimum absolute atomic E-state index is 0.0104. The summed E-state index contributed by atoms with van der Waals surface area (Å²) in [4.78, 5) is 38.9. The number of ether oxygens (including phenoxy) is 1. The Morgan fingerprint density at radius 1 is 0.637 bits per heavy atom. The van der Waals surface area contributed by atoms with Crippen LogP contribution in [-0.4, -0.2) is 107 Å². The summed E-state index contributed by atoms with van der Waals surface area (Å²) in [6.45, 7) is 30.1. The van der Waals surface area contributed by atoms with Crippen LogP contribution in [-0.2, 0) is 27.7 Å². The van der Waals surface area contributed by atoms with Gasteiger partial charge in [0, 0.05) is 60.9 Å². The second-order valence-electron chi connectivity index (χ2n) is 23.9. The number of esters is 1. The van der Waals surface area contributed by atoms with Crippen LogP contribution in [0.2, 0.25) is 36.3 Å². The average Bonchev–Trinajstić information content (AvgIpc) is 3.94. The van der Waals surface area contributed by atoms with Crippen LogP contribution in [0.25, 0.3) is 22.8 Å². The van der Waals surface area contributed by atoms with Crippen molar-refractivity contribution >= 4 is 69.4 Å². The Bertz CT molecular complexity index is 3320. The molecule has 15 nitrogen and oxygen atoms in total. The number of pyridine rings is 3. The Morgan fingerprint density at radius 3 is 1.50 bits per heavy atom. The van der Waals surface area contributed by atoms with Gasteiger partial charge in [0.2, 0.25) is 0 Å². The zero-order valence-electron chi connectivity index (χ0n) is 49.4. The number of aryl methyl sites for hydroxylation is 5. The molecule has 424 valence electrons. The van der Waals surface area contributed by atoms with Crippen molar-refractivity contribution in [2.24, 2.45) is 14.1 Å². The van der Waals surface area contributed by atoms with Gasteiger partial charge in [-0.2, -0.15) is 10.2 Å². The van der Waals surface area contributed by atoms with Crippen molar-refractivity contribution in [3.63, 3.8) is 0 Å². The van der Waals surface area contributed by atoms with Crippen molar-refractivity contribution < 1.29 is 23.2 Å². The number of aromatic nitrogens is 7. The van der Waals surface area contributed by atoms with E-state index < -0.39 is 16.6 Å². The van der Waals surface area contributed by atoms with Gasteiger partial charge in [0.25, 0.3) is 5.91 Å². The van der Waals surface area contributed by atoms with E-state index in [4.69, 9.17) is 23.8 Å². The normalized spacial score (nSPS) is 17.6. The molecule has 0 radical (unpaired) electrons. The number of hydrogen-bond acceptors (Lipinski definition) is 14. The predicted octanol–water partition coefficient (Wildman–Crippen LogP) is 13.6. The number of carbonyl (C=O) groups excluding carboxylic acids is 2. The van der Waals surface area contributed by atoms with Crippen LogP contribution in [0.4, 0.5) is 17.3 Å². The van der Waals surface area contributed by atoms with Gasteiger partial charge in [-0.05, 0) is 140 Å². The highest BCUT2D eigenvalue weighted by molar-refractivity contribution is 8.00. The summed E-state index contributed by atoms with van der Waals surface area (Å²) in [5.41, 5.74) is 12.7. The fraction of sp³-hybridized carbons (Fsp3) is 0.426. The average molecular weight is 1150 g/mol. The molecular formula is C61H80N10O5S2Si2. The number of nitrogens with one attached hydrogen (secondary N) is 3. The van der Waals surface area contributed by atoms with Gasteiger partial charge >= 0.3 is 5.97 Å². The Morgan fingerprint density at radius 2 is 1.09 bits per heavy atom. The summed E-state index contributed by atoms with van der Waals surface area (Å²) in [6.07, 6.45) is 5.33. The second kappa shape index (κ2) is 24.6. The lowest BCUT2D eigenvalue weighted by Crippen LogP contribution is -2.44. The smallest absolute Gasteiger partial charge is 0.337 e. The zero-order chi connectivity index (χ0) is 57.9. The molecule has 19 heteroatoms. The maximum Gasteiger partial charge on any atom is 0.337 e. The van der Waals surface area contributed by atoms with Gasteiger partial charge in [-0.15, -0.1) is 23.5 Å². The second-order valence-corrected chi connectivity index (χ2v) is 35.8. The van der Waals surface area contributed by atoms with E-state index in [1.54, 1.807) is 18.6 Å². The lowest BCUT2D eigenvalue weighted by Gasteiger charge is -2.37. The first-order chi connectivity index (χ1) is 37.8. The van der Waals surface area contributed by atoms with E-state index in [0.717, 1.165) is 85.0 Å². The fourth-order valence-electron chi connectivity index (χ4n) is 9.22. The minimum atomic E-state index is -1.92. The third-order valence-corrected chi connectivity index (χ3v) is 27.9.